The molecule has 4 N–H and O–H groups in total. The van der Waals surface area contributed by atoms with E-state index < -0.39 is 0 Å². The van der Waals surface area contributed by atoms with E-state index in [1.165, 1.54) is 0 Å². The quantitative estimate of drug-likeness (QED) is 0.702. The van der Waals surface area contributed by atoms with Crippen LogP contribution in [0.15, 0.2) is 18.2 Å². The maximum absolute atomic E-state index is 11.6. The van der Waals surface area contributed by atoms with Crippen LogP contribution in [0.3, 0.4) is 0 Å². The highest BCUT2D eigenvalue weighted by molar-refractivity contribution is 5.95. The van der Waals surface area contributed by atoms with Crippen LogP contribution in [0.4, 0.5) is 5.69 Å². The minimum Gasteiger partial charge on any atom is -0.346 e. The van der Waals surface area contributed by atoms with Gasteiger partial charge in [0, 0.05) is 5.69 Å². The van der Waals surface area contributed by atoms with Gasteiger partial charge >= 0.3 is 0 Å². The number of rotatable bonds is 4. The highest BCUT2D eigenvalue weighted by atomic mass is 16.2. The van der Waals surface area contributed by atoms with Crippen molar-refractivity contribution in [3.8, 4) is 0 Å². The molecular weight excluding hydrogens is 218 g/mol. The predicted octanol–water partition coefficient (Wildman–Crippen LogP) is 0.317. The van der Waals surface area contributed by atoms with Crippen molar-refractivity contribution in [3.05, 3.63) is 29.3 Å². The van der Waals surface area contributed by atoms with Gasteiger partial charge in [-0.25, -0.2) is 0 Å². The molecule has 0 fully saturated rings. The molecule has 1 aromatic carbocycles. The molecule has 0 bridgehead atoms. The summed E-state index contributed by atoms with van der Waals surface area (Å²) in [5.74, 6) is -0.606. The number of aryl methyl sites for hydroxylation is 2. The predicted molar refractivity (Wildman–Crippen MR) is 66.6 cm³/mol. The molecule has 0 saturated heterocycles. The molecule has 1 rings (SSSR count). The van der Waals surface area contributed by atoms with E-state index in [2.05, 4.69) is 10.6 Å². The summed E-state index contributed by atoms with van der Waals surface area (Å²) >= 11 is 0. The Balaban J connectivity index is 2.59. The van der Waals surface area contributed by atoms with Crippen LogP contribution in [0.2, 0.25) is 0 Å². The molecule has 0 atom stereocenters. The number of amides is 2. The second kappa shape index (κ2) is 6.00. The molecule has 2 amide bonds. The number of hydrogen-bond donors (Lipinski definition) is 3. The lowest BCUT2D eigenvalue weighted by Gasteiger charge is -2.11. The molecule has 5 heteroatoms. The Morgan fingerprint density at radius 1 is 1.18 bits per heavy atom. The summed E-state index contributed by atoms with van der Waals surface area (Å²) in [4.78, 5) is 22.5. The van der Waals surface area contributed by atoms with Crippen LogP contribution in [0.25, 0.3) is 0 Å². The molecule has 0 unspecified atom stereocenters. The lowest BCUT2D eigenvalue weighted by molar-refractivity contribution is -0.123. The van der Waals surface area contributed by atoms with Crippen LogP contribution in [-0.2, 0) is 9.59 Å². The zero-order valence-electron chi connectivity index (χ0n) is 10.0. The molecule has 0 aromatic heterocycles. The zero-order chi connectivity index (χ0) is 12.8. The van der Waals surface area contributed by atoms with E-state index >= 15 is 0 Å². The van der Waals surface area contributed by atoms with Gasteiger partial charge in [-0.05, 0) is 25.0 Å². The van der Waals surface area contributed by atoms with Gasteiger partial charge in [-0.2, -0.15) is 0 Å². The number of carbonyl (C=O) groups is 2. The summed E-state index contributed by atoms with van der Waals surface area (Å²) in [6, 6.07) is 5.76. The third kappa shape index (κ3) is 3.88. The molecule has 1 aromatic rings. The standard InChI is InChI=1S/C12H17N3O2/c1-8-4-3-5-9(2)12(8)15-11(17)7-14-10(16)6-13/h3-5H,6-7,13H2,1-2H3,(H,14,16)(H,15,17). The molecule has 92 valence electrons. The number of carbonyl (C=O) groups excluding carboxylic acids is 2. The molecule has 0 aliphatic heterocycles. The second-order valence-corrected chi connectivity index (χ2v) is 3.80. The van der Waals surface area contributed by atoms with Gasteiger partial charge in [-0.15, -0.1) is 0 Å². The number of benzene rings is 1. The largest absolute Gasteiger partial charge is 0.346 e. The molecular formula is C12H17N3O2. The van der Waals surface area contributed by atoms with Crippen LogP contribution in [-0.4, -0.2) is 24.9 Å². The summed E-state index contributed by atoms with van der Waals surface area (Å²) in [5.41, 5.74) is 7.89. The maximum atomic E-state index is 11.6. The monoisotopic (exact) mass is 235 g/mol. The first-order valence-corrected chi connectivity index (χ1v) is 5.37. The summed E-state index contributed by atoms with van der Waals surface area (Å²) in [6.45, 7) is 3.66. The smallest absolute Gasteiger partial charge is 0.243 e. The highest BCUT2D eigenvalue weighted by Gasteiger charge is 2.07. The van der Waals surface area contributed by atoms with Gasteiger partial charge in [0.05, 0.1) is 13.1 Å². The van der Waals surface area contributed by atoms with E-state index in [-0.39, 0.29) is 24.9 Å². The van der Waals surface area contributed by atoms with E-state index in [1.54, 1.807) is 0 Å². The number of anilines is 1. The van der Waals surface area contributed by atoms with E-state index in [9.17, 15) is 9.59 Å². The van der Waals surface area contributed by atoms with Crippen LogP contribution < -0.4 is 16.4 Å². The van der Waals surface area contributed by atoms with Gasteiger partial charge in [0.15, 0.2) is 0 Å². The van der Waals surface area contributed by atoms with Crippen molar-refractivity contribution in [1.29, 1.82) is 0 Å². The van der Waals surface area contributed by atoms with Crippen LogP contribution in [0, 0.1) is 13.8 Å². The fourth-order valence-corrected chi connectivity index (χ4v) is 1.45. The molecule has 5 nitrogen and oxygen atoms in total. The number of hydrogen-bond acceptors (Lipinski definition) is 3. The van der Waals surface area contributed by atoms with E-state index in [1.807, 2.05) is 32.0 Å². The van der Waals surface area contributed by atoms with Crippen molar-refractivity contribution >= 4 is 17.5 Å². The Kier molecular flexibility index (Phi) is 4.66. The number of nitrogens with two attached hydrogens (primary N) is 1. The molecule has 17 heavy (non-hydrogen) atoms. The Bertz CT molecular complexity index is 410. The van der Waals surface area contributed by atoms with Gasteiger partial charge in [0.2, 0.25) is 11.8 Å². The topological polar surface area (TPSA) is 84.2 Å². The van der Waals surface area contributed by atoms with Crippen molar-refractivity contribution in [2.24, 2.45) is 5.73 Å². The van der Waals surface area contributed by atoms with E-state index in [0.29, 0.717) is 0 Å². The summed E-state index contributed by atoms with van der Waals surface area (Å²) in [6.07, 6.45) is 0. The van der Waals surface area contributed by atoms with Crippen molar-refractivity contribution in [3.63, 3.8) is 0 Å². The average molecular weight is 235 g/mol. The van der Waals surface area contributed by atoms with Crippen LogP contribution in [0.5, 0.6) is 0 Å². The van der Waals surface area contributed by atoms with E-state index in [0.717, 1.165) is 16.8 Å². The summed E-state index contributed by atoms with van der Waals surface area (Å²) in [5, 5.41) is 5.18. The van der Waals surface area contributed by atoms with Crippen molar-refractivity contribution < 1.29 is 9.59 Å². The third-order valence-electron chi connectivity index (χ3n) is 2.38. The lowest BCUT2D eigenvalue weighted by atomic mass is 10.1. The SMILES string of the molecule is Cc1cccc(C)c1NC(=O)CNC(=O)CN. The Morgan fingerprint density at radius 2 is 1.76 bits per heavy atom. The normalized spacial score (nSPS) is 9.82. The fourth-order valence-electron chi connectivity index (χ4n) is 1.45. The molecule has 0 aliphatic carbocycles. The number of para-hydroxylation sites is 1. The van der Waals surface area contributed by atoms with Crippen LogP contribution >= 0.6 is 0 Å². The second-order valence-electron chi connectivity index (χ2n) is 3.80. The Hall–Kier alpha value is -1.88. The van der Waals surface area contributed by atoms with Crippen molar-refractivity contribution in [2.75, 3.05) is 18.4 Å². The van der Waals surface area contributed by atoms with Crippen molar-refractivity contribution in [1.82, 2.24) is 5.32 Å². The number of nitrogens with one attached hydrogen (secondary N) is 2. The van der Waals surface area contributed by atoms with Gasteiger partial charge in [-0.1, -0.05) is 18.2 Å². The fraction of sp³-hybridized carbons (Fsp3) is 0.333. The Morgan fingerprint density at radius 3 is 2.29 bits per heavy atom. The highest BCUT2D eigenvalue weighted by Crippen LogP contribution is 2.18. The minimum atomic E-state index is -0.346. The Labute approximate surface area is 100 Å². The van der Waals surface area contributed by atoms with E-state index in [4.69, 9.17) is 5.73 Å². The average Bonchev–Trinajstić information content (AvgIpc) is 2.31. The summed E-state index contributed by atoms with van der Waals surface area (Å²) < 4.78 is 0. The molecule has 0 spiro atoms. The molecule has 0 radical (unpaired) electrons. The van der Waals surface area contributed by atoms with Crippen molar-refractivity contribution in [2.45, 2.75) is 13.8 Å². The first-order chi connectivity index (χ1) is 8.04. The first-order valence-electron chi connectivity index (χ1n) is 5.37. The minimum absolute atomic E-state index is 0.0657. The maximum Gasteiger partial charge on any atom is 0.243 e. The zero-order valence-corrected chi connectivity index (χ0v) is 10.0. The first kappa shape index (κ1) is 13.2. The van der Waals surface area contributed by atoms with Gasteiger partial charge < -0.3 is 16.4 Å². The molecule has 0 heterocycles. The summed E-state index contributed by atoms with van der Waals surface area (Å²) in [7, 11) is 0. The van der Waals surface area contributed by atoms with Gasteiger partial charge in [-0.3, -0.25) is 9.59 Å². The van der Waals surface area contributed by atoms with Crippen LogP contribution in [0.1, 0.15) is 11.1 Å². The third-order valence-corrected chi connectivity index (χ3v) is 2.38. The lowest BCUT2D eigenvalue weighted by Crippen LogP contribution is -2.36. The molecule has 0 aliphatic rings. The molecule has 0 saturated carbocycles. The van der Waals surface area contributed by atoms with Gasteiger partial charge in [0.1, 0.15) is 0 Å². The van der Waals surface area contributed by atoms with Gasteiger partial charge in [0.25, 0.3) is 0 Å².